The van der Waals surface area contributed by atoms with Gasteiger partial charge in [0.25, 0.3) is 0 Å². The lowest BCUT2D eigenvalue weighted by molar-refractivity contribution is -0.149. The Labute approximate surface area is 319 Å². The molecular formula is C33H57N9O11S. The highest BCUT2D eigenvalue weighted by atomic mass is 32.1. The summed E-state index contributed by atoms with van der Waals surface area (Å²) in [4.78, 5) is 116. The Hall–Kier alpha value is -4.50. The Morgan fingerprint density at radius 1 is 0.722 bits per heavy atom. The zero-order valence-electron chi connectivity index (χ0n) is 31.7. The fourth-order valence-electron chi connectivity index (χ4n) is 5.40. The fourth-order valence-corrected chi connectivity index (χ4v) is 5.66. The first-order valence-electron chi connectivity index (χ1n) is 17.7. The van der Waals surface area contributed by atoms with Crippen LogP contribution in [0.3, 0.4) is 0 Å². The Morgan fingerprint density at radius 2 is 1.22 bits per heavy atom. The molecule has 1 aliphatic rings. The van der Waals surface area contributed by atoms with Gasteiger partial charge in [0.1, 0.15) is 48.3 Å². The number of nitrogens with one attached hydrogen (secondary N) is 6. The molecule has 1 heterocycles. The molecule has 1 rings (SSSR count). The second-order valence-corrected chi connectivity index (χ2v) is 14.5. The molecule has 0 aliphatic carbocycles. The van der Waals surface area contributed by atoms with Crippen molar-refractivity contribution in [1.82, 2.24) is 36.8 Å². The molecular weight excluding hydrogens is 730 g/mol. The number of likely N-dealkylation sites (tertiary alicyclic amines) is 1. The molecule has 1 aliphatic heterocycles. The molecule has 1 fully saturated rings. The van der Waals surface area contributed by atoms with Crippen LogP contribution in [0.2, 0.25) is 0 Å². The van der Waals surface area contributed by atoms with Gasteiger partial charge in [0, 0.05) is 12.3 Å². The van der Waals surface area contributed by atoms with Gasteiger partial charge in [0.15, 0.2) is 0 Å². The smallest absolute Gasteiger partial charge is 0.326 e. The number of aliphatic hydroxyl groups excluding tert-OH is 1. The van der Waals surface area contributed by atoms with Crippen molar-refractivity contribution in [3.63, 3.8) is 0 Å². The summed E-state index contributed by atoms with van der Waals surface area (Å²) >= 11 is 4.11. The number of amides is 8. The number of carbonyl (C=O) groups is 9. The minimum atomic E-state index is -1.59. The molecule has 0 spiro atoms. The van der Waals surface area contributed by atoms with Gasteiger partial charge in [-0.05, 0) is 51.9 Å². The lowest BCUT2D eigenvalue weighted by Crippen LogP contribution is -2.60. The molecule has 0 aromatic carbocycles. The normalized spacial score (nSPS) is 18.5. The summed E-state index contributed by atoms with van der Waals surface area (Å²) < 4.78 is 0. The van der Waals surface area contributed by atoms with Gasteiger partial charge in [-0.25, -0.2) is 4.79 Å². The number of carbonyl (C=O) groups excluding carboxylic acids is 8. The van der Waals surface area contributed by atoms with E-state index in [4.69, 9.17) is 11.5 Å². The zero-order valence-corrected chi connectivity index (χ0v) is 32.6. The van der Waals surface area contributed by atoms with E-state index in [2.05, 4.69) is 44.5 Å². The number of carboxylic acids is 1. The number of aliphatic hydroxyl groups is 1. The molecule has 1 saturated heterocycles. The third kappa shape index (κ3) is 14.7. The van der Waals surface area contributed by atoms with Crippen LogP contribution in [0.4, 0.5) is 0 Å². The molecule has 0 radical (unpaired) electrons. The molecule has 54 heavy (non-hydrogen) atoms. The summed E-state index contributed by atoms with van der Waals surface area (Å²) in [7, 11) is 0. The number of nitrogens with zero attached hydrogens (tertiary/aromatic N) is 1. The molecule has 8 amide bonds. The monoisotopic (exact) mass is 787 g/mol. The van der Waals surface area contributed by atoms with Crippen molar-refractivity contribution in [3.05, 3.63) is 0 Å². The van der Waals surface area contributed by atoms with Gasteiger partial charge in [-0.2, -0.15) is 12.6 Å². The molecule has 21 heteroatoms. The average Bonchev–Trinajstić information content (AvgIpc) is 3.57. The zero-order chi connectivity index (χ0) is 41.6. The molecule has 20 nitrogen and oxygen atoms in total. The van der Waals surface area contributed by atoms with Crippen molar-refractivity contribution < 1.29 is 53.4 Å². The van der Waals surface area contributed by atoms with Gasteiger partial charge >= 0.3 is 5.97 Å². The first kappa shape index (κ1) is 47.5. The van der Waals surface area contributed by atoms with E-state index in [-0.39, 0.29) is 31.1 Å². The summed E-state index contributed by atoms with van der Waals surface area (Å²) in [6, 6.07) is -10.1. The highest BCUT2D eigenvalue weighted by molar-refractivity contribution is 7.80. The maximum atomic E-state index is 13.4. The molecule has 12 N–H and O–H groups in total. The van der Waals surface area contributed by atoms with E-state index in [0.717, 1.165) is 0 Å². The van der Waals surface area contributed by atoms with Crippen molar-refractivity contribution in [3.8, 4) is 0 Å². The summed E-state index contributed by atoms with van der Waals surface area (Å²) in [5, 5.41) is 33.7. The van der Waals surface area contributed by atoms with Crippen LogP contribution < -0.4 is 43.4 Å². The molecule has 9 unspecified atom stereocenters. The summed E-state index contributed by atoms with van der Waals surface area (Å²) in [5.41, 5.74) is 11.0. The molecule has 306 valence electrons. The number of nitrogens with two attached hydrogens (primary N) is 2. The van der Waals surface area contributed by atoms with Crippen LogP contribution in [-0.4, -0.2) is 135 Å². The predicted molar refractivity (Wildman–Crippen MR) is 197 cm³/mol. The molecule has 0 aromatic rings. The van der Waals surface area contributed by atoms with Crippen LogP contribution >= 0.6 is 12.6 Å². The highest BCUT2D eigenvalue weighted by Gasteiger charge is 2.39. The van der Waals surface area contributed by atoms with Crippen molar-refractivity contribution in [2.75, 3.05) is 12.3 Å². The first-order chi connectivity index (χ1) is 25.0. The minimum absolute atomic E-state index is 0.120. The Balaban J connectivity index is 2.96. The molecule has 0 aromatic heterocycles. The lowest BCUT2D eigenvalue weighted by Gasteiger charge is -2.29. The van der Waals surface area contributed by atoms with E-state index in [9.17, 15) is 53.4 Å². The second-order valence-electron chi connectivity index (χ2n) is 14.2. The van der Waals surface area contributed by atoms with E-state index in [1.54, 1.807) is 27.7 Å². The van der Waals surface area contributed by atoms with Crippen LogP contribution in [0.5, 0.6) is 0 Å². The number of hydrogen-bond acceptors (Lipinski definition) is 12. The van der Waals surface area contributed by atoms with E-state index >= 15 is 0 Å². The third-order valence-electron chi connectivity index (χ3n) is 8.57. The van der Waals surface area contributed by atoms with E-state index in [1.807, 2.05) is 0 Å². The predicted octanol–water partition coefficient (Wildman–Crippen LogP) is -3.77. The number of hydrogen-bond donors (Lipinski definition) is 11. The summed E-state index contributed by atoms with van der Waals surface area (Å²) in [6.45, 7) is 11.0. The maximum Gasteiger partial charge on any atom is 0.326 e. The number of primary amides is 1. The van der Waals surface area contributed by atoms with Crippen molar-refractivity contribution in [2.24, 2.45) is 23.3 Å². The number of aliphatic carboxylic acids is 1. The molecule has 9 atom stereocenters. The SMILES string of the molecule is CC(C)CC(NC(=O)C(CC(N)=O)NC(=O)C(CS)NC(=O)C(C)NC(=O)C(C)NC(=O)C(NC(=O)C(N)C(C)O)C(C)C)C(=O)N1CCCC1C(=O)O. The van der Waals surface area contributed by atoms with E-state index in [0.29, 0.717) is 6.42 Å². The van der Waals surface area contributed by atoms with Crippen molar-refractivity contribution in [2.45, 2.75) is 129 Å². The standard InChI is InChI=1S/C33H57N9O11S/c1-14(2)11-20(32(51)42-10-8-9-22(42)33(52)53)39-28(47)19(12-23(34)44)38-29(48)21(13-54)40-27(46)17(6)36-26(45)16(5)37-31(50)25(15(3)4)41-30(49)24(35)18(7)43/h14-22,24-25,43,54H,8-13,35H2,1-7H3,(H2,34,44)(H,36,45)(H,37,50)(H,38,48)(H,39,47)(H,40,46)(H,41,49)(H,52,53). The maximum absolute atomic E-state index is 13.4. The minimum Gasteiger partial charge on any atom is -0.480 e. The van der Waals surface area contributed by atoms with Crippen LogP contribution in [0.1, 0.15) is 74.1 Å². The first-order valence-corrected chi connectivity index (χ1v) is 18.3. The second kappa shape index (κ2) is 22.0. The number of carboxylic acid groups (broad SMARTS) is 1. The van der Waals surface area contributed by atoms with Crippen LogP contribution in [0, 0.1) is 11.8 Å². The summed E-state index contributed by atoms with van der Waals surface area (Å²) in [5.74, 6) is -8.66. The van der Waals surface area contributed by atoms with Crippen LogP contribution in [0.15, 0.2) is 0 Å². The Kier molecular flexibility index (Phi) is 19.4. The van der Waals surface area contributed by atoms with Crippen LogP contribution in [-0.2, 0) is 43.2 Å². The Bertz CT molecular complexity index is 1400. The number of thiol groups is 1. The lowest BCUT2D eigenvalue weighted by atomic mass is 10.0. The molecule has 0 saturated carbocycles. The quantitative estimate of drug-likeness (QED) is 0.0500. The number of rotatable bonds is 21. The largest absolute Gasteiger partial charge is 0.480 e. The van der Waals surface area contributed by atoms with Gasteiger partial charge < -0.3 is 58.5 Å². The average molecular weight is 788 g/mol. The summed E-state index contributed by atoms with van der Waals surface area (Å²) in [6.07, 6.45) is -1.02. The fraction of sp³-hybridized carbons (Fsp3) is 0.727. The van der Waals surface area contributed by atoms with Gasteiger partial charge in [-0.15, -0.1) is 0 Å². The van der Waals surface area contributed by atoms with Gasteiger partial charge in [-0.1, -0.05) is 27.7 Å². The van der Waals surface area contributed by atoms with Crippen molar-refractivity contribution >= 4 is 65.9 Å². The highest BCUT2D eigenvalue weighted by Crippen LogP contribution is 2.20. The van der Waals surface area contributed by atoms with E-state index < -0.39 is 120 Å². The third-order valence-corrected chi connectivity index (χ3v) is 8.94. The van der Waals surface area contributed by atoms with Crippen molar-refractivity contribution in [1.29, 1.82) is 0 Å². The molecule has 0 bridgehead atoms. The van der Waals surface area contributed by atoms with Gasteiger partial charge in [0.05, 0.1) is 12.5 Å². The van der Waals surface area contributed by atoms with Crippen LogP contribution in [0.25, 0.3) is 0 Å². The Morgan fingerprint density at radius 3 is 1.70 bits per heavy atom. The van der Waals surface area contributed by atoms with Gasteiger partial charge in [0.2, 0.25) is 47.3 Å². The van der Waals surface area contributed by atoms with E-state index in [1.165, 1.54) is 25.7 Å². The topological polar surface area (TPSA) is 322 Å². The van der Waals surface area contributed by atoms with Gasteiger partial charge in [-0.3, -0.25) is 38.4 Å².